The Balaban J connectivity index is 1.55. The second kappa shape index (κ2) is 7.64. The highest BCUT2D eigenvalue weighted by atomic mass is 15.2. The molecule has 0 radical (unpaired) electrons. The Hall–Kier alpha value is -0.0800. The number of hydrogen-bond acceptors (Lipinski definition) is 2. The molecule has 0 aromatic heterocycles. The Bertz CT molecular complexity index is 248. The maximum absolute atomic E-state index is 3.74. The molecule has 2 fully saturated rings. The first-order valence-electron chi connectivity index (χ1n) is 8.64. The molecule has 2 atom stereocenters. The number of piperazine rings is 1. The van der Waals surface area contributed by atoms with Crippen LogP contribution in [0.25, 0.3) is 0 Å². The Morgan fingerprint density at radius 3 is 2.53 bits per heavy atom. The third-order valence-corrected chi connectivity index (χ3v) is 4.90. The minimum Gasteiger partial charge on any atom is -0.311 e. The van der Waals surface area contributed by atoms with E-state index in [-0.39, 0.29) is 0 Å². The summed E-state index contributed by atoms with van der Waals surface area (Å²) in [6, 6.07) is 1.54. The van der Waals surface area contributed by atoms with E-state index in [1.54, 1.807) is 0 Å². The zero-order valence-electron chi connectivity index (χ0n) is 13.3. The Morgan fingerprint density at radius 2 is 1.84 bits per heavy atom. The van der Waals surface area contributed by atoms with Crippen LogP contribution >= 0.6 is 0 Å². The predicted octanol–water partition coefficient (Wildman–Crippen LogP) is 3.67. The first kappa shape index (κ1) is 15.3. The summed E-state index contributed by atoms with van der Waals surface area (Å²) in [5.41, 5.74) is 0. The molecular formula is C17H34N2. The summed E-state index contributed by atoms with van der Waals surface area (Å²) < 4.78 is 0. The standard InChI is InChI=1S/C17H34N2/c1-14(2)8-6-4-5-7-11-19-13-17(16-9-10-16)18-12-15(19)3/h14-18H,4-13H2,1-3H3. The maximum Gasteiger partial charge on any atom is 0.0224 e. The lowest BCUT2D eigenvalue weighted by molar-refractivity contribution is 0.130. The molecule has 1 heterocycles. The van der Waals surface area contributed by atoms with E-state index in [0.29, 0.717) is 0 Å². The molecule has 1 aliphatic heterocycles. The first-order valence-corrected chi connectivity index (χ1v) is 8.64. The molecule has 0 amide bonds. The molecule has 0 spiro atoms. The fraction of sp³-hybridized carbons (Fsp3) is 1.00. The highest BCUT2D eigenvalue weighted by Crippen LogP contribution is 2.34. The van der Waals surface area contributed by atoms with E-state index in [9.17, 15) is 0 Å². The topological polar surface area (TPSA) is 15.3 Å². The van der Waals surface area contributed by atoms with Gasteiger partial charge < -0.3 is 5.32 Å². The highest BCUT2D eigenvalue weighted by Gasteiger charge is 2.35. The molecule has 2 unspecified atom stereocenters. The lowest BCUT2D eigenvalue weighted by Gasteiger charge is -2.39. The van der Waals surface area contributed by atoms with Crippen LogP contribution in [0.4, 0.5) is 0 Å². The average Bonchev–Trinajstić information content (AvgIpc) is 3.19. The van der Waals surface area contributed by atoms with Crippen LogP contribution in [-0.4, -0.2) is 36.6 Å². The molecular weight excluding hydrogens is 232 g/mol. The zero-order valence-corrected chi connectivity index (χ0v) is 13.3. The van der Waals surface area contributed by atoms with Gasteiger partial charge in [0.05, 0.1) is 0 Å². The molecule has 0 aromatic carbocycles. The summed E-state index contributed by atoms with van der Waals surface area (Å²) in [6.07, 6.45) is 10.0. The van der Waals surface area contributed by atoms with Gasteiger partial charge in [0, 0.05) is 25.2 Å². The van der Waals surface area contributed by atoms with Crippen molar-refractivity contribution in [2.75, 3.05) is 19.6 Å². The molecule has 2 aliphatic rings. The fourth-order valence-corrected chi connectivity index (χ4v) is 3.30. The smallest absolute Gasteiger partial charge is 0.0224 e. The van der Waals surface area contributed by atoms with E-state index in [2.05, 4.69) is 31.0 Å². The molecule has 19 heavy (non-hydrogen) atoms. The molecule has 1 saturated carbocycles. The van der Waals surface area contributed by atoms with Crippen molar-refractivity contribution in [3.05, 3.63) is 0 Å². The van der Waals surface area contributed by atoms with Crippen molar-refractivity contribution in [2.45, 2.75) is 77.8 Å². The number of nitrogens with zero attached hydrogens (tertiary/aromatic N) is 1. The third kappa shape index (κ3) is 5.43. The van der Waals surface area contributed by atoms with Gasteiger partial charge in [-0.1, -0.05) is 39.5 Å². The van der Waals surface area contributed by atoms with Crippen LogP contribution in [-0.2, 0) is 0 Å². The van der Waals surface area contributed by atoms with Gasteiger partial charge in [0.2, 0.25) is 0 Å². The molecule has 1 N–H and O–H groups in total. The minimum atomic E-state index is 0.741. The van der Waals surface area contributed by atoms with Gasteiger partial charge in [0.15, 0.2) is 0 Å². The second-order valence-corrected chi connectivity index (χ2v) is 7.29. The van der Waals surface area contributed by atoms with Crippen molar-refractivity contribution < 1.29 is 0 Å². The summed E-state index contributed by atoms with van der Waals surface area (Å²) in [7, 11) is 0. The van der Waals surface area contributed by atoms with Crippen molar-refractivity contribution in [1.29, 1.82) is 0 Å². The summed E-state index contributed by atoms with van der Waals surface area (Å²) in [5.74, 6) is 1.88. The van der Waals surface area contributed by atoms with Crippen molar-refractivity contribution in [3.8, 4) is 0 Å². The van der Waals surface area contributed by atoms with E-state index >= 15 is 0 Å². The van der Waals surface area contributed by atoms with Crippen LogP contribution in [0.1, 0.15) is 65.7 Å². The van der Waals surface area contributed by atoms with Crippen LogP contribution in [0.2, 0.25) is 0 Å². The van der Waals surface area contributed by atoms with Crippen LogP contribution in [0, 0.1) is 11.8 Å². The van der Waals surface area contributed by atoms with Crippen molar-refractivity contribution in [3.63, 3.8) is 0 Å². The molecule has 0 aromatic rings. The monoisotopic (exact) mass is 266 g/mol. The molecule has 1 saturated heterocycles. The van der Waals surface area contributed by atoms with Gasteiger partial charge >= 0.3 is 0 Å². The van der Waals surface area contributed by atoms with Gasteiger partial charge in [0.25, 0.3) is 0 Å². The SMILES string of the molecule is CC(C)CCCCCCN1CC(C2CC2)NCC1C. The van der Waals surface area contributed by atoms with Gasteiger partial charge in [0.1, 0.15) is 0 Å². The zero-order chi connectivity index (χ0) is 13.7. The fourth-order valence-electron chi connectivity index (χ4n) is 3.30. The van der Waals surface area contributed by atoms with Gasteiger partial charge in [-0.3, -0.25) is 4.90 Å². The normalized spacial score (nSPS) is 29.1. The van der Waals surface area contributed by atoms with Crippen molar-refractivity contribution >= 4 is 0 Å². The van der Waals surface area contributed by atoms with E-state index in [1.165, 1.54) is 64.6 Å². The molecule has 112 valence electrons. The van der Waals surface area contributed by atoms with Crippen LogP contribution in [0.5, 0.6) is 0 Å². The predicted molar refractivity (Wildman–Crippen MR) is 83.5 cm³/mol. The van der Waals surface area contributed by atoms with Crippen LogP contribution in [0.15, 0.2) is 0 Å². The summed E-state index contributed by atoms with van der Waals surface area (Å²) in [5, 5.41) is 3.74. The van der Waals surface area contributed by atoms with Gasteiger partial charge in [-0.25, -0.2) is 0 Å². The summed E-state index contributed by atoms with van der Waals surface area (Å²) >= 11 is 0. The first-order chi connectivity index (χ1) is 9.16. The Morgan fingerprint density at radius 1 is 1.11 bits per heavy atom. The van der Waals surface area contributed by atoms with Gasteiger partial charge in [-0.05, 0) is 44.6 Å². The van der Waals surface area contributed by atoms with Crippen molar-refractivity contribution in [2.24, 2.45) is 11.8 Å². The Kier molecular flexibility index (Phi) is 6.15. The van der Waals surface area contributed by atoms with E-state index in [1.807, 2.05) is 0 Å². The largest absolute Gasteiger partial charge is 0.311 e. The van der Waals surface area contributed by atoms with E-state index in [0.717, 1.165) is 23.9 Å². The number of unbranched alkanes of at least 4 members (excludes halogenated alkanes) is 3. The minimum absolute atomic E-state index is 0.741. The second-order valence-electron chi connectivity index (χ2n) is 7.29. The van der Waals surface area contributed by atoms with Crippen molar-refractivity contribution in [1.82, 2.24) is 10.2 Å². The number of rotatable bonds is 8. The number of hydrogen-bond donors (Lipinski definition) is 1. The van der Waals surface area contributed by atoms with E-state index in [4.69, 9.17) is 0 Å². The maximum atomic E-state index is 3.74. The van der Waals surface area contributed by atoms with Gasteiger partial charge in [-0.2, -0.15) is 0 Å². The molecule has 1 aliphatic carbocycles. The average molecular weight is 266 g/mol. The number of nitrogens with one attached hydrogen (secondary N) is 1. The summed E-state index contributed by atoms with van der Waals surface area (Å²) in [4.78, 5) is 2.74. The lowest BCUT2D eigenvalue weighted by atomic mass is 10.0. The molecule has 2 heteroatoms. The van der Waals surface area contributed by atoms with Crippen LogP contribution in [0.3, 0.4) is 0 Å². The van der Waals surface area contributed by atoms with Gasteiger partial charge in [-0.15, -0.1) is 0 Å². The highest BCUT2D eigenvalue weighted by molar-refractivity contribution is 4.93. The molecule has 2 nitrogen and oxygen atoms in total. The lowest BCUT2D eigenvalue weighted by Crippen LogP contribution is -2.56. The summed E-state index contributed by atoms with van der Waals surface area (Å²) in [6.45, 7) is 10.9. The molecule has 0 bridgehead atoms. The van der Waals surface area contributed by atoms with Crippen LogP contribution < -0.4 is 5.32 Å². The molecule has 2 rings (SSSR count). The quantitative estimate of drug-likeness (QED) is 0.674. The third-order valence-electron chi connectivity index (χ3n) is 4.90. The Labute approximate surface area is 120 Å². The van der Waals surface area contributed by atoms with E-state index < -0.39 is 0 Å².